The zero-order valence-corrected chi connectivity index (χ0v) is 20.0. The Hall–Kier alpha value is -3.92. The van der Waals surface area contributed by atoms with E-state index in [0.717, 1.165) is 5.56 Å². The molecular formula is C24H21N3O6S. The number of methoxy groups -OCH3 is 3. The number of nitrogens with zero attached hydrogens (tertiary/aromatic N) is 3. The van der Waals surface area contributed by atoms with Gasteiger partial charge in [-0.15, -0.1) is 10.2 Å². The van der Waals surface area contributed by atoms with Crippen molar-refractivity contribution in [2.24, 2.45) is 0 Å². The minimum Gasteiger partial charge on any atom is -0.493 e. The van der Waals surface area contributed by atoms with Gasteiger partial charge in [-0.3, -0.25) is 14.5 Å². The van der Waals surface area contributed by atoms with Gasteiger partial charge in [0.25, 0.3) is 5.91 Å². The molecule has 9 nitrogen and oxygen atoms in total. The van der Waals surface area contributed by atoms with Crippen molar-refractivity contribution in [3.8, 4) is 17.2 Å². The molecule has 1 unspecified atom stereocenters. The monoisotopic (exact) mass is 479 g/mol. The summed E-state index contributed by atoms with van der Waals surface area (Å²) in [7, 11) is 4.52. The van der Waals surface area contributed by atoms with Crippen LogP contribution >= 0.6 is 11.3 Å². The van der Waals surface area contributed by atoms with E-state index in [1.807, 2.05) is 13.0 Å². The van der Waals surface area contributed by atoms with Crippen LogP contribution in [0.5, 0.6) is 17.2 Å². The zero-order chi connectivity index (χ0) is 24.1. The largest absolute Gasteiger partial charge is 0.493 e. The van der Waals surface area contributed by atoms with E-state index in [9.17, 15) is 9.59 Å². The second kappa shape index (κ2) is 8.14. The lowest BCUT2D eigenvalue weighted by atomic mass is 9.97. The molecule has 0 saturated heterocycles. The lowest BCUT2D eigenvalue weighted by Crippen LogP contribution is -2.29. The molecule has 174 valence electrons. The normalized spacial score (nSPS) is 15.0. The number of carbonyl (C=O) groups excluding carboxylic acids is 1. The highest BCUT2D eigenvalue weighted by atomic mass is 32.1. The van der Waals surface area contributed by atoms with Gasteiger partial charge in [0.1, 0.15) is 10.6 Å². The van der Waals surface area contributed by atoms with Crippen LogP contribution in [0.3, 0.4) is 0 Å². The predicted octanol–water partition coefficient (Wildman–Crippen LogP) is 4.04. The molecule has 1 amide bonds. The van der Waals surface area contributed by atoms with E-state index in [1.54, 1.807) is 31.2 Å². The number of hydrogen-bond donors (Lipinski definition) is 0. The molecule has 10 heteroatoms. The molecule has 0 radical (unpaired) electrons. The summed E-state index contributed by atoms with van der Waals surface area (Å²) in [6, 6.07) is 7.90. The van der Waals surface area contributed by atoms with E-state index in [4.69, 9.17) is 18.6 Å². The molecule has 0 bridgehead atoms. The van der Waals surface area contributed by atoms with Crippen molar-refractivity contribution in [1.82, 2.24) is 10.2 Å². The molecule has 4 aromatic rings. The molecule has 0 N–H and O–H groups in total. The van der Waals surface area contributed by atoms with Gasteiger partial charge >= 0.3 is 0 Å². The maximum absolute atomic E-state index is 13.8. The summed E-state index contributed by atoms with van der Waals surface area (Å²) >= 11 is 1.25. The fourth-order valence-corrected chi connectivity index (χ4v) is 4.96. The van der Waals surface area contributed by atoms with Crippen molar-refractivity contribution in [1.29, 1.82) is 0 Å². The standard InChI is InChI=1S/C24H21N3O6S/c1-11-6-7-15-14(8-11)20(28)18-19(13-9-16(30-3)21(32-5)17(10-13)31-4)27(23(29)22(18)33-15)24-26-25-12(2)34-24/h6-10,19H,1-5H3. The number of amides is 1. The van der Waals surface area contributed by atoms with Gasteiger partial charge in [-0.25, -0.2) is 0 Å². The molecule has 0 saturated carbocycles. The first kappa shape index (κ1) is 21.9. The van der Waals surface area contributed by atoms with Crippen LogP contribution in [0.1, 0.15) is 38.3 Å². The van der Waals surface area contributed by atoms with Gasteiger partial charge in [-0.05, 0) is 43.7 Å². The Kier molecular flexibility index (Phi) is 5.24. The molecule has 34 heavy (non-hydrogen) atoms. The van der Waals surface area contributed by atoms with E-state index < -0.39 is 11.9 Å². The predicted molar refractivity (Wildman–Crippen MR) is 127 cm³/mol. The third-order valence-corrected chi connectivity index (χ3v) is 6.59. The van der Waals surface area contributed by atoms with Crippen molar-refractivity contribution in [2.75, 3.05) is 26.2 Å². The number of fused-ring (bicyclic) bond motifs is 2. The third kappa shape index (κ3) is 3.21. The van der Waals surface area contributed by atoms with E-state index in [-0.39, 0.29) is 16.8 Å². The zero-order valence-electron chi connectivity index (χ0n) is 19.2. The summed E-state index contributed by atoms with van der Waals surface area (Å²) < 4.78 is 22.5. The van der Waals surface area contributed by atoms with Crippen LogP contribution in [-0.4, -0.2) is 37.4 Å². The third-order valence-electron chi connectivity index (χ3n) is 5.75. The Bertz CT molecular complexity index is 1480. The number of carbonyl (C=O) groups is 1. The Morgan fingerprint density at radius 1 is 0.971 bits per heavy atom. The van der Waals surface area contributed by atoms with Gasteiger partial charge in [-0.2, -0.15) is 0 Å². The molecule has 1 aliphatic rings. The van der Waals surface area contributed by atoms with Crippen LogP contribution < -0.4 is 24.5 Å². The second-order valence-electron chi connectivity index (χ2n) is 7.81. The Morgan fingerprint density at radius 3 is 2.26 bits per heavy atom. The Balaban J connectivity index is 1.84. The lowest BCUT2D eigenvalue weighted by Gasteiger charge is -2.24. The average molecular weight is 480 g/mol. The minimum atomic E-state index is -0.829. The number of benzene rings is 2. The first-order valence-corrected chi connectivity index (χ1v) is 11.2. The topological polar surface area (TPSA) is 104 Å². The lowest BCUT2D eigenvalue weighted by molar-refractivity contribution is 0.0970. The van der Waals surface area contributed by atoms with E-state index in [1.165, 1.54) is 37.6 Å². The second-order valence-corrected chi connectivity index (χ2v) is 8.97. The van der Waals surface area contributed by atoms with Crippen molar-refractivity contribution in [3.63, 3.8) is 0 Å². The highest BCUT2D eigenvalue weighted by Gasteiger charge is 2.45. The van der Waals surface area contributed by atoms with Crippen LogP contribution in [0.15, 0.2) is 39.5 Å². The van der Waals surface area contributed by atoms with Gasteiger partial charge in [-0.1, -0.05) is 23.0 Å². The Morgan fingerprint density at radius 2 is 1.68 bits per heavy atom. The van der Waals surface area contributed by atoms with Gasteiger partial charge in [0.15, 0.2) is 16.9 Å². The highest BCUT2D eigenvalue weighted by Crippen LogP contribution is 2.46. The van der Waals surface area contributed by atoms with Gasteiger partial charge in [0.05, 0.1) is 38.3 Å². The van der Waals surface area contributed by atoms with E-state index >= 15 is 0 Å². The van der Waals surface area contributed by atoms with E-state index in [0.29, 0.717) is 43.9 Å². The summed E-state index contributed by atoms with van der Waals surface area (Å²) in [4.78, 5) is 28.8. The molecule has 0 aliphatic carbocycles. The number of hydrogen-bond acceptors (Lipinski definition) is 9. The van der Waals surface area contributed by atoms with Crippen LogP contribution in [0.25, 0.3) is 11.0 Å². The summed E-state index contributed by atoms with van der Waals surface area (Å²) in [5.41, 5.74) is 1.78. The minimum absolute atomic E-state index is 0.0204. The number of aromatic nitrogens is 2. The van der Waals surface area contributed by atoms with Crippen LogP contribution in [0.4, 0.5) is 5.13 Å². The van der Waals surface area contributed by atoms with Gasteiger partial charge in [0.2, 0.25) is 16.6 Å². The van der Waals surface area contributed by atoms with Crippen molar-refractivity contribution >= 4 is 33.3 Å². The summed E-state index contributed by atoms with van der Waals surface area (Å²) in [5, 5.41) is 9.69. The van der Waals surface area contributed by atoms with Crippen LogP contribution in [0, 0.1) is 13.8 Å². The maximum Gasteiger partial charge on any atom is 0.297 e. The van der Waals surface area contributed by atoms with Crippen molar-refractivity contribution in [2.45, 2.75) is 19.9 Å². The summed E-state index contributed by atoms with van der Waals surface area (Å²) in [5.74, 6) is 0.703. The van der Waals surface area contributed by atoms with Crippen molar-refractivity contribution in [3.05, 3.63) is 68.0 Å². The maximum atomic E-state index is 13.8. The summed E-state index contributed by atoms with van der Waals surface area (Å²) in [6.07, 6.45) is 0. The van der Waals surface area contributed by atoms with Crippen molar-refractivity contribution < 1.29 is 23.4 Å². The highest BCUT2D eigenvalue weighted by molar-refractivity contribution is 7.15. The molecule has 2 aromatic carbocycles. The number of ether oxygens (including phenoxy) is 3. The number of anilines is 1. The molecule has 3 heterocycles. The number of aryl methyl sites for hydroxylation is 2. The first-order valence-electron chi connectivity index (χ1n) is 10.4. The first-order chi connectivity index (χ1) is 16.4. The van der Waals surface area contributed by atoms with Gasteiger partial charge in [0, 0.05) is 0 Å². The van der Waals surface area contributed by atoms with E-state index in [2.05, 4.69) is 10.2 Å². The molecule has 0 spiro atoms. The number of rotatable bonds is 5. The molecule has 1 atom stereocenters. The molecule has 2 aromatic heterocycles. The Labute approximate surface area is 198 Å². The fraction of sp³-hybridized carbons (Fsp3) is 0.250. The van der Waals surface area contributed by atoms with Crippen LogP contribution in [0.2, 0.25) is 0 Å². The quantitative estimate of drug-likeness (QED) is 0.423. The molecule has 0 fully saturated rings. The van der Waals surface area contributed by atoms with Crippen LogP contribution in [-0.2, 0) is 0 Å². The molecule has 1 aliphatic heterocycles. The van der Waals surface area contributed by atoms with Gasteiger partial charge < -0.3 is 18.6 Å². The molecular weight excluding hydrogens is 458 g/mol. The molecule has 5 rings (SSSR count). The average Bonchev–Trinajstić information content (AvgIpc) is 3.39. The smallest absolute Gasteiger partial charge is 0.297 e. The fourth-order valence-electron chi connectivity index (χ4n) is 4.24. The SMILES string of the molecule is COc1cc(C2c3c(oc4ccc(C)cc4c3=O)C(=O)N2c2nnc(C)s2)cc(OC)c1OC. The summed E-state index contributed by atoms with van der Waals surface area (Å²) in [6.45, 7) is 3.69.